The van der Waals surface area contributed by atoms with E-state index in [1.807, 2.05) is 41.2 Å². The number of hydrogen-bond donors (Lipinski definition) is 1. The third-order valence-electron chi connectivity index (χ3n) is 6.97. The van der Waals surface area contributed by atoms with Gasteiger partial charge in [0, 0.05) is 28.8 Å². The maximum absolute atomic E-state index is 13.5. The van der Waals surface area contributed by atoms with Crippen molar-refractivity contribution in [3.05, 3.63) is 47.7 Å². The zero-order chi connectivity index (χ0) is 26.8. The fourth-order valence-corrected chi connectivity index (χ4v) is 5.37. The maximum Gasteiger partial charge on any atom is 0.328 e. The van der Waals surface area contributed by atoms with Crippen molar-refractivity contribution in [1.82, 2.24) is 15.1 Å². The molecule has 4 heterocycles. The van der Waals surface area contributed by atoms with E-state index in [4.69, 9.17) is 33.8 Å². The van der Waals surface area contributed by atoms with Gasteiger partial charge in [-0.1, -0.05) is 6.07 Å². The number of nitrogens with one attached hydrogen (secondary N) is 1. The molecule has 0 bridgehead atoms. The van der Waals surface area contributed by atoms with Crippen molar-refractivity contribution in [2.24, 2.45) is 4.99 Å². The zero-order valence-electron chi connectivity index (χ0n) is 22.1. The molecule has 0 spiro atoms. The summed E-state index contributed by atoms with van der Waals surface area (Å²) in [5, 5.41) is 7.71. The van der Waals surface area contributed by atoms with Gasteiger partial charge in [-0.25, -0.2) is 14.5 Å². The van der Waals surface area contributed by atoms with Crippen LogP contribution in [0.4, 0.5) is 16.3 Å². The lowest BCUT2D eigenvalue weighted by molar-refractivity contribution is 0.170. The number of benzene rings is 2. The molecule has 0 aliphatic carbocycles. The van der Waals surface area contributed by atoms with E-state index in [2.05, 4.69) is 26.1 Å². The standard InChI is InChI=1S/C27H29N5O6/c1-27(2,3)32-25-17(12-28-32)19(16-11-18-22(38-13-37-18)23(36-6)21(16)35-5)20-24(29-25)30-26(33)31(20)14-8-7-9-15(10-14)34-4/h7-12,19-20H,13H2,1-6H3,(H,29,30,33)/t19-,20-/m1/s1. The van der Waals surface area contributed by atoms with Crippen LogP contribution in [0.15, 0.2) is 41.5 Å². The van der Waals surface area contributed by atoms with Crippen molar-refractivity contribution in [2.45, 2.75) is 38.3 Å². The monoisotopic (exact) mass is 519 g/mol. The van der Waals surface area contributed by atoms with Crippen LogP contribution in [0.3, 0.4) is 0 Å². The van der Waals surface area contributed by atoms with Crippen LogP contribution in [-0.2, 0) is 5.54 Å². The van der Waals surface area contributed by atoms with Crippen LogP contribution in [-0.4, -0.2) is 55.8 Å². The number of urea groups is 1. The molecule has 2 amide bonds. The Morgan fingerprint density at radius 1 is 1.03 bits per heavy atom. The van der Waals surface area contributed by atoms with E-state index in [-0.39, 0.29) is 18.4 Å². The number of ether oxygens (including phenoxy) is 5. The summed E-state index contributed by atoms with van der Waals surface area (Å²) in [7, 11) is 4.73. The number of carbonyl (C=O) groups is 1. The summed E-state index contributed by atoms with van der Waals surface area (Å²) in [6, 6.07) is 8.45. The highest BCUT2D eigenvalue weighted by Crippen LogP contribution is 2.55. The van der Waals surface area contributed by atoms with Crippen LogP contribution in [0.1, 0.15) is 37.8 Å². The molecule has 11 heteroatoms. The van der Waals surface area contributed by atoms with Crippen molar-refractivity contribution < 1.29 is 28.5 Å². The molecule has 198 valence electrons. The third kappa shape index (κ3) is 3.45. The van der Waals surface area contributed by atoms with Crippen LogP contribution in [0.5, 0.6) is 28.7 Å². The van der Waals surface area contributed by atoms with Crippen molar-refractivity contribution in [3.63, 3.8) is 0 Å². The van der Waals surface area contributed by atoms with Crippen LogP contribution in [0, 0.1) is 0 Å². The molecule has 1 fully saturated rings. The summed E-state index contributed by atoms with van der Waals surface area (Å²) in [4.78, 5) is 20.1. The minimum absolute atomic E-state index is 0.0717. The second-order valence-corrected chi connectivity index (χ2v) is 10.2. The molecular weight excluding hydrogens is 490 g/mol. The molecule has 3 aliphatic rings. The number of nitrogens with zero attached hydrogens (tertiary/aromatic N) is 4. The van der Waals surface area contributed by atoms with Gasteiger partial charge in [-0.2, -0.15) is 5.10 Å². The third-order valence-corrected chi connectivity index (χ3v) is 6.97. The Morgan fingerprint density at radius 2 is 1.82 bits per heavy atom. The summed E-state index contributed by atoms with van der Waals surface area (Å²) >= 11 is 0. The van der Waals surface area contributed by atoms with Gasteiger partial charge in [0.1, 0.15) is 17.6 Å². The smallest absolute Gasteiger partial charge is 0.328 e. The topological polar surface area (TPSA) is 109 Å². The minimum Gasteiger partial charge on any atom is -0.497 e. The van der Waals surface area contributed by atoms with E-state index in [1.54, 1.807) is 26.2 Å². The number of rotatable bonds is 5. The fraction of sp³-hybridized carbons (Fsp3) is 0.370. The van der Waals surface area contributed by atoms with E-state index in [0.717, 1.165) is 11.1 Å². The number of amides is 2. The molecule has 0 unspecified atom stereocenters. The van der Waals surface area contributed by atoms with Crippen molar-refractivity contribution in [3.8, 4) is 28.7 Å². The van der Waals surface area contributed by atoms with Crippen LogP contribution in [0.25, 0.3) is 0 Å². The van der Waals surface area contributed by atoms with Gasteiger partial charge >= 0.3 is 6.03 Å². The number of carbonyl (C=O) groups excluding carboxylic acids is 1. The van der Waals surface area contributed by atoms with Gasteiger partial charge in [-0.15, -0.1) is 0 Å². The highest BCUT2D eigenvalue weighted by atomic mass is 16.7. The minimum atomic E-state index is -0.529. The number of fused-ring (bicyclic) bond motifs is 3. The molecule has 1 aromatic heterocycles. The molecule has 2 atom stereocenters. The molecule has 2 aromatic carbocycles. The highest BCUT2D eigenvalue weighted by Gasteiger charge is 2.50. The van der Waals surface area contributed by atoms with Crippen molar-refractivity contribution in [1.29, 1.82) is 0 Å². The first kappa shape index (κ1) is 24.0. The number of aromatic nitrogens is 2. The average Bonchev–Trinajstić information content (AvgIpc) is 3.62. The van der Waals surface area contributed by atoms with Crippen molar-refractivity contribution in [2.75, 3.05) is 33.0 Å². The molecule has 0 saturated carbocycles. The van der Waals surface area contributed by atoms with Crippen LogP contribution < -0.4 is 33.9 Å². The zero-order valence-corrected chi connectivity index (χ0v) is 22.1. The molecular formula is C27H29N5O6. The summed E-state index contributed by atoms with van der Waals surface area (Å²) in [6.07, 6.45) is 1.81. The summed E-state index contributed by atoms with van der Waals surface area (Å²) in [5.41, 5.74) is 1.92. The lowest BCUT2D eigenvalue weighted by Gasteiger charge is -2.34. The molecule has 1 N–H and O–H groups in total. The first-order valence-electron chi connectivity index (χ1n) is 12.2. The second-order valence-electron chi connectivity index (χ2n) is 10.2. The summed E-state index contributed by atoms with van der Waals surface area (Å²) < 4.78 is 30.4. The molecule has 6 rings (SSSR count). The first-order valence-corrected chi connectivity index (χ1v) is 12.2. The number of methoxy groups -OCH3 is 3. The Balaban J connectivity index is 1.62. The number of aliphatic imine (C=N–C) groups is 1. The lowest BCUT2D eigenvalue weighted by atomic mass is 9.82. The molecule has 0 radical (unpaired) electrons. The molecule has 1 saturated heterocycles. The SMILES string of the molecule is COc1cccc(N2C(=O)NC3=Nc4c(cnn4C(C)(C)C)[C@@H](c4cc5c(c(OC)c4OC)OCO5)[C@H]32)c1. The highest BCUT2D eigenvalue weighted by molar-refractivity contribution is 6.18. The predicted octanol–water partition coefficient (Wildman–Crippen LogP) is 4.17. The van der Waals surface area contributed by atoms with Crippen LogP contribution in [0.2, 0.25) is 0 Å². The molecule has 3 aromatic rings. The number of amidine groups is 1. The Hall–Kier alpha value is -4.41. The lowest BCUT2D eigenvalue weighted by Crippen LogP contribution is -2.42. The van der Waals surface area contributed by atoms with E-state index in [1.165, 1.54) is 0 Å². The maximum atomic E-state index is 13.5. The van der Waals surface area contributed by atoms with E-state index >= 15 is 0 Å². The van der Waals surface area contributed by atoms with Crippen molar-refractivity contribution >= 4 is 23.4 Å². The van der Waals surface area contributed by atoms with Gasteiger partial charge in [-0.05, 0) is 39.0 Å². The molecule has 3 aliphatic heterocycles. The Bertz CT molecular complexity index is 1470. The molecule has 11 nitrogen and oxygen atoms in total. The normalized spacial score (nSPS) is 19.5. The quantitative estimate of drug-likeness (QED) is 0.539. The van der Waals surface area contributed by atoms with E-state index in [9.17, 15) is 4.79 Å². The summed E-state index contributed by atoms with van der Waals surface area (Å²) in [6.45, 7) is 6.24. The van der Waals surface area contributed by atoms with Crippen LogP contribution >= 0.6 is 0 Å². The summed E-state index contributed by atoms with van der Waals surface area (Å²) in [5.74, 6) is 3.32. The van der Waals surface area contributed by atoms with Gasteiger partial charge < -0.3 is 23.7 Å². The second kappa shape index (κ2) is 8.57. The first-order chi connectivity index (χ1) is 18.3. The van der Waals surface area contributed by atoms with Gasteiger partial charge in [0.15, 0.2) is 17.3 Å². The van der Waals surface area contributed by atoms with Gasteiger partial charge in [-0.3, -0.25) is 10.2 Å². The fourth-order valence-electron chi connectivity index (χ4n) is 5.37. The van der Waals surface area contributed by atoms with Gasteiger partial charge in [0.2, 0.25) is 18.3 Å². The van der Waals surface area contributed by atoms with E-state index in [0.29, 0.717) is 46.1 Å². The Labute approximate surface area is 219 Å². The number of anilines is 1. The Kier molecular flexibility index (Phi) is 5.41. The predicted molar refractivity (Wildman–Crippen MR) is 140 cm³/mol. The Morgan fingerprint density at radius 3 is 2.53 bits per heavy atom. The average molecular weight is 520 g/mol. The van der Waals surface area contributed by atoms with Gasteiger partial charge in [0.05, 0.1) is 33.1 Å². The van der Waals surface area contributed by atoms with E-state index < -0.39 is 12.0 Å². The van der Waals surface area contributed by atoms with Gasteiger partial charge in [0.25, 0.3) is 0 Å². The molecule has 38 heavy (non-hydrogen) atoms. The number of hydrogen-bond acceptors (Lipinski definition) is 8. The largest absolute Gasteiger partial charge is 0.497 e.